The van der Waals surface area contributed by atoms with Crippen LogP contribution >= 0.6 is 23.2 Å². The first-order valence-electron chi connectivity index (χ1n) is 8.89. The first kappa shape index (κ1) is 19.7. The molecule has 142 valence electrons. The molecule has 1 aromatic heterocycles. The van der Waals surface area contributed by atoms with E-state index < -0.39 is 0 Å². The predicted octanol–water partition coefficient (Wildman–Crippen LogP) is 3.79. The molecule has 0 aliphatic carbocycles. The van der Waals surface area contributed by atoms with Crippen molar-refractivity contribution in [3.63, 3.8) is 0 Å². The van der Waals surface area contributed by atoms with Gasteiger partial charge in [-0.15, -0.1) is 0 Å². The number of hydrogen-bond acceptors (Lipinski definition) is 6. The SMILES string of the molecule is N#CCCCN1CCN(c2nccnc2OCc2ccc(Cl)c(Cl)c2)CC1. The maximum atomic E-state index is 8.66. The summed E-state index contributed by atoms with van der Waals surface area (Å²) in [5.41, 5.74) is 0.920. The van der Waals surface area contributed by atoms with Gasteiger partial charge in [0.25, 0.3) is 5.88 Å². The number of ether oxygens (including phenoxy) is 1. The molecule has 0 spiro atoms. The summed E-state index contributed by atoms with van der Waals surface area (Å²) in [5, 5.41) is 9.68. The van der Waals surface area contributed by atoms with Crippen LogP contribution in [0.15, 0.2) is 30.6 Å². The van der Waals surface area contributed by atoms with Gasteiger partial charge in [0.2, 0.25) is 0 Å². The molecule has 8 heteroatoms. The predicted molar refractivity (Wildman–Crippen MR) is 106 cm³/mol. The normalized spacial score (nSPS) is 14.8. The minimum absolute atomic E-state index is 0.344. The lowest BCUT2D eigenvalue weighted by molar-refractivity contribution is 0.251. The van der Waals surface area contributed by atoms with Gasteiger partial charge in [-0.2, -0.15) is 5.26 Å². The Labute approximate surface area is 169 Å². The van der Waals surface area contributed by atoms with Crippen molar-refractivity contribution >= 4 is 29.0 Å². The van der Waals surface area contributed by atoms with Crippen LogP contribution in [0.1, 0.15) is 18.4 Å². The molecule has 0 amide bonds. The Balaban J connectivity index is 1.59. The standard InChI is InChI=1S/C19H21Cl2N5O/c20-16-4-3-15(13-17(16)21)14-27-19-18(23-6-7-24-19)26-11-9-25(10-12-26)8-2-1-5-22/h3-4,6-7,13H,1-2,8-12,14H2. The van der Waals surface area contributed by atoms with E-state index in [-0.39, 0.29) is 0 Å². The van der Waals surface area contributed by atoms with Crippen molar-refractivity contribution in [2.45, 2.75) is 19.4 Å². The largest absolute Gasteiger partial charge is 0.470 e. The molecule has 3 rings (SSSR count). The maximum Gasteiger partial charge on any atom is 0.257 e. The van der Waals surface area contributed by atoms with E-state index in [2.05, 4.69) is 25.8 Å². The second-order valence-corrected chi connectivity index (χ2v) is 7.13. The van der Waals surface area contributed by atoms with Gasteiger partial charge >= 0.3 is 0 Å². The third-order valence-electron chi connectivity index (χ3n) is 4.44. The number of aromatic nitrogens is 2. The third-order valence-corrected chi connectivity index (χ3v) is 5.18. The summed E-state index contributed by atoms with van der Waals surface area (Å²) in [5.74, 6) is 1.27. The number of benzene rings is 1. The van der Waals surface area contributed by atoms with E-state index in [1.807, 2.05) is 6.07 Å². The van der Waals surface area contributed by atoms with E-state index in [1.165, 1.54) is 0 Å². The topological polar surface area (TPSA) is 65.3 Å². The van der Waals surface area contributed by atoms with Crippen LogP contribution in [-0.2, 0) is 6.61 Å². The Kier molecular flexibility index (Phi) is 7.11. The van der Waals surface area contributed by atoms with E-state index in [9.17, 15) is 0 Å². The average molecular weight is 406 g/mol. The van der Waals surface area contributed by atoms with E-state index in [4.69, 9.17) is 33.2 Å². The van der Waals surface area contributed by atoms with Gasteiger partial charge in [0.15, 0.2) is 5.82 Å². The zero-order chi connectivity index (χ0) is 19.1. The molecule has 1 aliphatic rings. The van der Waals surface area contributed by atoms with Gasteiger partial charge in [0.05, 0.1) is 16.1 Å². The molecule has 1 aromatic carbocycles. The fraction of sp³-hybridized carbons (Fsp3) is 0.421. The Morgan fingerprint density at radius 2 is 1.85 bits per heavy atom. The summed E-state index contributed by atoms with van der Waals surface area (Å²) in [6, 6.07) is 7.62. The molecule has 0 radical (unpaired) electrons. The number of anilines is 1. The number of rotatable bonds is 7. The van der Waals surface area contributed by atoms with Gasteiger partial charge in [-0.1, -0.05) is 29.3 Å². The summed E-state index contributed by atoms with van der Waals surface area (Å²) in [6.07, 6.45) is 4.84. The fourth-order valence-corrected chi connectivity index (χ4v) is 3.30. The highest BCUT2D eigenvalue weighted by Crippen LogP contribution is 2.26. The number of nitriles is 1. The number of hydrogen-bond donors (Lipinski definition) is 0. The van der Waals surface area contributed by atoms with Crippen molar-refractivity contribution < 1.29 is 4.74 Å². The van der Waals surface area contributed by atoms with Crippen LogP contribution in [0.3, 0.4) is 0 Å². The lowest BCUT2D eigenvalue weighted by Crippen LogP contribution is -2.47. The van der Waals surface area contributed by atoms with Gasteiger partial charge < -0.3 is 9.64 Å². The van der Waals surface area contributed by atoms with Crippen LogP contribution in [0, 0.1) is 11.3 Å². The van der Waals surface area contributed by atoms with Crippen LogP contribution in [0.4, 0.5) is 5.82 Å². The molecular weight excluding hydrogens is 385 g/mol. The van der Waals surface area contributed by atoms with Gasteiger partial charge in [0, 0.05) is 45.0 Å². The Bertz CT molecular complexity index is 803. The number of unbranched alkanes of at least 4 members (excludes halogenated alkanes) is 1. The zero-order valence-electron chi connectivity index (χ0n) is 14.9. The number of halogens is 2. The summed E-state index contributed by atoms with van der Waals surface area (Å²) in [4.78, 5) is 13.4. The van der Waals surface area contributed by atoms with Gasteiger partial charge in [-0.05, 0) is 30.7 Å². The van der Waals surface area contributed by atoms with E-state index >= 15 is 0 Å². The molecule has 6 nitrogen and oxygen atoms in total. The van der Waals surface area contributed by atoms with E-state index in [0.717, 1.165) is 50.5 Å². The first-order valence-corrected chi connectivity index (χ1v) is 9.65. The fourth-order valence-electron chi connectivity index (χ4n) is 2.98. The zero-order valence-corrected chi connectivity index (χ0v) is 16.5. The summed E-state index contributed by atoms with van der Waals surface area (Å²) >= 11 is 12.0. The minimum atomic E-state index is 0.344. The number of nitrogens with zero attached hydrogens (tertiary/aromatic N) is 5. The van der Waals surface area contributed by atoms with E-state index in [1.54, 1.807) is 24.5 Å². The lowest BCUT2D eigenvalue weighted by atomic mass is 10.2. The molecule has 1 aliphatic heterocycles. The lowest BCUT2D eigenvalue weighted by Gasteiger charge is -2.35. The van der Waals surface area contributed by atoms with Crippen molar-refractivity contribution in [2.24, 2.45) is 0 Å². The molecule has 0 unspecified atom stereocenters. The summed E-state index contributed by atoms with van der Waals surface area (Å²) < 4.78 is 5.91. The Morgan fingerprint density at radius 3 is 2.59 bits per heavy atom. The summed E-state index contributed by atoms with van der Waals surface area (Å²) in [7, 11) is 0. The van der Waals surface area contributed by atoms with Crippen LogP contribution in [0.5, 0.6) is 5.88 Å². The van der Waals surface area contributed by atoms with Gasteiger partial charge in [-0.25, -0.2) is 9.97 Å². The third kappa shape index (κ3) is 5.46. The second kappa shape index (κ2) is 9.75. The average Bonchev–Trinajstić information content (AvgIpc) is 2.70. The van der Waals surface area contributed by atoms with Crippen LogP contribution in [0.25, 0.3) is 0 Å². The quantitative estimate of drug-likeness (QED) is 0.652. The van der Waals surface area contributed by atoms with Crippen molar-refractivity contribution in [2.75, 3.05) is 37.6 Å². The first-order chi connectivity index (χ1) is 13.2. The highest BCUT2D eigenvalue weighted by molar-refractivity contribution is 6.42. The molecule has 1 fully saturated rings. The molecule has 2 aromatic rings. The van der Waals surface area contributed by atoms with Crippen LogP contribution < -0.4 is 9.64 Å². The molecule has 2 heterocycles. The second-order valence-electron chi connectivity index (χ2n) is 6.31. The Morgan fingerprint density at radius 1 is 1.07 bits per heavy atom. The molecule has 0 bridgehead atoms. The van der Waals surface area contributed by atoms with Crippen molar-refractivity contribution in [3.8, 4) is 11.9 Å². The Hall–Kier alpha value is -2.07. The van der Waals surface area contributed by atoms with Crippen molar-refractivity contribution in [3.05, 3.63) is 46.2 Å². The summed E-state index contributed by atoms with van der Waals surface area (Å²) in [6.45, 7) is 4.89. The maximum absolute atomic E-state index is 8.66. The van der Waals surface area contributed by atoms with Crippen LogP contribution in [0.2, 0.25) is 10.0 Å². The van der Waals surface area contributed by atoms with Crippen molar-refractivity contribution in [1.82, 2.24) is 14.9 Å². The number of piperazine rings is 1. The molecule has 0 N–H and O–H groups in total. The smallest absolute Gasteiger partial charge is 0.257 e. The molecule has 1 saturated heterocycles. The highest BCUT2D eigenvalue weighted by atomic mass is 35.5. The monoisotopic (exact) mass is 405 g/mol. The van der Waals surface area contributed by atoms with E-state index in [0.29, 0.717) is 29.0 Å². The van der Waals surface area contributed by atoms with Crippen LogP contribution in [-0.4, -0.2) is 47.6 Å². The molecule has 27 heavy (non-hydrogen) atoms. The molecular formula is C19H21Cl2N5O. The van der Waals surface area contributed by atoms with Crippen molar-refractivity contribution in [1.29, 1.82) is 5.26 Å². The van der Waals surface area contributed by atoms with Gasteiger partial charge in [0.1, 0.15) is 6.61 Å². The minimum Gasteiger partial charge on any atom is -0.470 e. The van der Waals surface area contributed by atoms with Gasteiger partial charge in [-0.3, -0.25) is 4.90 Å². The molecule has 0 saturated carbocycles. The molecule has 0 atom stereocenters. The highest BCUT2D eigenvalue weighted by Gasteiger charge is 2.21.